The number of hydrogen-bond acceptors (Lipinski definition) is 3. The van der Waals surface area contributed by atoms with Crippen molar-refractivity contribution in [1.82, 2.24) is 10.2 Å². The first-order valence-electron chi connectivity index (χ1n) is 9.39. The van der Waals surface area contributed by atoms with Crippen LogP contribution in [-0.2, 0) is 0 Å². The summed E-state index contributed by atoms with van der Waals surface area (Å²) in [5, 5.41) is 5.77. The van der Waals surface area contributed by atoms with Gasteiger partial charge in [0.1, 0.15) is 0 Å². The largest absolute Gasteiger partial charge is 0.369 e. The highest BCUT2D eigenvalue weighted by atomic mass is 16.2. The third-order valence-corrected chi connectivity index (χ3v) is 5.42. The van der Waals surface area contributed by atoms with E-state index in [1.165, 1.54) is 36.9 Å². The minimum atomic E-state index is -0.176. The number of allylic oxidation sites excluding steroid dienone is 1. The zero-order chi connectivity index (χ0) is 17.6. The van der Waals surface area contributed by atoms with Crippen molar-refractivity contribution in [3.63, 3.8) is 0 Å². The van der Waals surface area contributed by atoms with E-state index in [2.05, 4.69) is 46.5 Å². The Labute approximate surface area is 151 Å². The van der Waals surface area contributed by atoms with Gasteiger partial charge in [-0.2, -0.15) is 0 Å². The number of piperazine rings is 1. The van der Waals surface area contributed by atoms with Gasteiger partial charge in [0.25, 0.3) is 0 Å². The summed E-state index contributed by atoms with van der Waals surface area (Å²) in [5.41, 5.74) is 3.32. The molecule has 2 aliphatic rings. The predicted octanol–water partition coefficient (Wildman–Crippen LogP) is 3.65. The predicted molar refractivity (Wildman–Crippen MR) is 104 cm³/mol. The maximum Gasteiger partial charge on any atom is 0.323 e. The van der Waals surface area contributed by atoms with Crippen molar-refractivity contribution in [2.24, 2.45) is 5.92 Å². The smallest absolute Gasteiger partial charge is 0.323 e. The highest BCUT2D eigenvalue weighted by Gasteiger charge is 2.16. The van der Waals surface area contributed by atoms with Crippen molar-refractivity contribution >= 4 is 17.4 Å². The lowest BCUT2D eigenvalue weighted by Crippen LogP contribution is -2.44. The molecule has 0 atom stereocenters. The van der Waals surface area contributed by atoms with Crippen LogP contribution in [0.2, 0.25) is 0 Å². The molecule has 1 heterocycles. The van der Waals surface area contributed by atoms with Crippen LogP contribution < -0.4 is 15.5 Å². The van der Waals surface area contributed by atoms with Crippen LogP contribution in [0.5, 0.6) is 0 Å². The summed E-state index contributed by atoms with van der Waals surface area (Å²) in [6, 6.07) is 7.94. The van der Waals surface area contributed by atoms with Gasteiger partial charge in [0.05, 0.1) is 0 Å². The molecule has 1 saturated carbocycles. The molecule has 1 aromatic rings. The molecule has 2 amide bonds. The van der Waals surface area contributed by atoms with E-state index in [4.69, 9.17) is 0 Å². The molecule has 0 unspecified atom stereocenters. The zero-order valence-corrected chi connectivity index (χ0v) is 15.4. The summed E-state index contributed by atoms with van der Waals surface area (Å²) in [6.07, 6.45) is 6.98. The molecular weight excluding hydrogens is 312 g/mol. The maximum atomic E-state index is 12.1. The van der Waals surface area contributed by atoms with Crippen molar-refractivity contribution in [2.45, 2.75) is 32.6 Å². The van der Waals surface area contributed by atoms with Crippen LogP contribution in [0.1, 0.15) is 32.6 Å². The van der Waals surface area contributed by atoms with E-state index in [0.29, 0.717) is 5.92 Å². The van der Waals surface area contributed by atoms with Crippen LogP contribution in [0.25, 0.3) is 0 Å². The van der Waals surface area contributed by atoms with Gasteiger partial charge in [-0.3, -0.25) is 0 Å². The average molecular weight is 342 g/mol. The van der Waals surface area contributed by atoms with Gasteiger partial charge >= 0.3 is 6.03 Å². The molecule has 2 N–H and O–H groups in total. The molecule has 25 heavy (non-hydrogen) atoms. The molecule has 0 aromatic heterocycles. The number of carbonyl (C=O) groups is 1. The third kappa shape index (κ3) is 4.98. The lowest BCUT2D eigenvalue weighted by molar-refractivity contribution is 0.255. The van der Waals surface area contributed by atoms with Crippen molar-refractivity contribution < 1.29 is 4.79 Å². The molecule has 0 radical (unpaired) electrons. The first kappa shape index (κ1) is 17.8. The molecule has 136 valence electrons. The third-order valence-electron chi connectivity index (χ3n) is 5.42. The van der Waals surface area contributed by atoms with Gasteiger partial charge in [-0.05, 0) is 57.0 Å². The van der Waals surface area contributed by atoms with E-state index in [1.807, 2.05) is 18.3 Å². The Kier molecular flexibility index (Phi) is 5.97. The number of urea groups is 1. The van der Waals surface area contributed by atoms with Gasteiger partial charge in [0.15, 0.2) is 0 Å². The molecule has 1 aliphatic carbocycles. The Morgan fingerprint density at radius 2 is 1.72 bits per heavy atom. The monoisotopic (exact) mass is 342 g/mol. The average Bonchev–Trinajstić information content (AvgIpc) is 3.16. The number of nitrogens with zero attached hydrogens (tertiary/aromatic N) is 2. The molecule has 0 bridgehead atoms. The molecule has 1 aromatic carbocycles. The van der Waals surface area contributed by atoms with E-state index in [1.54, 1.807) is 0 Å². The normalized spacial score (nSPS) is 19.9. The fourth-order valence-corrected chi connectivity index (χ4v) is 3.67. The van der Waals surface area contributed by atoms with E-state index in [9.17, 15) is 4.79 Å². The summed E-state index contributed by atoms with van der Waals surface area (Å²) in [4.78, 5) is 16.8. The Morgan fingerprint density at radius 3 is 2.36 bits per heavy atom. The van der Waals surface area contributed by atoms with Crippen molar-refractivity contribution in [3.05, 3.63) is 36.0 Å². The number of anilines is 2. The minimum absolute atomic E-state index is 0.176. The van der Waals surface area contributed by atoms with E-state index < -0.39 is 0 Å². The SMILES string of the molecule is C/C(=C\NC(=O)Nc1ccc(N2CCN(C)CC2)cc1)C1CCCC1. The molecule has 1 saturated heterocycles. The standard InChI is InChI=1S/C20H30N4O/c1-16(17-5-3-4-6-17)15-21-20(25)22-18-7-9-19(10-8-18)24-13-11-23(2)12-14-24/h7-10,15,17H,3-6,11-14H2,1-2H3,(H2,21,22,25)/b16-15+. The van der Waals surface area contributed by atoms with Crippen LogP contribution in [0.3, 0.4) is 0 Å². The number of benzene rings is 1. The lowest BCUT2D eigenvalue weighted by atomic mass is 10.0. The van der Waals surface area contributed by atoms with Crippen LogP contribution in [-0.4, -0.2) is 44.2 Å². The van der Waals surface area contributed by atoms with Crippen LogP contribution in [0.4, 0.5) is 16.2 Å². The van der Waals surface area contributed by atoms with Gasteiger partial charge < -0.3 is 20.4 Å². The Hall–Kier alpha value is -2.01. The van der Waals surface area contributed by atoms with E-state index in [0.717, 1.165) is 31.9 Å². The molecule has 3 rings (SSSR count). The topological polar surface area (TPSA) is 47.6 Å². The number of rotatable bonds is 4. The fourth-order valence-electron chi connectivity index (χ4n) is 3.67. The fraction of sp³-hybridized carbons (Fsp3) is 0.550. The van der Waals surface area contributed by atoms with Crippen LogP contribution in [0.15, 0.2) is 36.0 Å². The second kappa shape index (κ2) is 8.39. The van der Waals surface area contributed by atoms with Gasteiger partial charge in [0.2, 0.25) is 0 Å². The van der Waals surface area contributed by atoms with Crippen molar-refractivity contribution in [2.75, 3.05) is 43.4 Å². The number of nitrogens with one attached hydrogen (secondary N) is 2. The van der Waals surface area contributed by atoms with Crippen LogP contribution >= 0.6 is 0 Å². The summed E-state index contributed by atoms with van der Waals surface area (Å²) in [7, 11) is 2.16. The van der Waals surface area contributed by atoms with Crippen molar-refractivity contribution in [1.29, 1.82) is 0 Å². The Balaban J connectivity index is 1.49. The first-order chi connectivity index (χ1) is 12.1. The Bertz CT molecular complexity index is 597. The number of carbonyl (C=O) groups excluding carboxylic acids is 1. The zero-order valence-electron chi connectivity index (χ0n) is 15.4. The van der Waals surface area contributed by atoms with Crippen LogP contribution in [0, 0.1) is 5.92 Å². The quantitative estimate of drug-likeness (QED) is 0.878. The molecular formula is C20H30N4O. The highest BCUT2D eigenvalue weighted by Crippen LogP contribution is 2.30. The number of amides is 2. The second-order valence-electron chi connectivity index (χ2n) is 7.31. The molecule has 2 fully saturated rings. The molecule has 5 heteroatoms. The molecule has 1 aliphatic heterocycles. The van der Waals surface area contributed by atoms with Gasteiger partial charge in [-0.25, -0.2) is 4.79 Å². The van der Waals surface area contributed by atoms with Gasteiger partial charge in [-0.15, -0.1) is 0 Å². The Morgan fingerprint density at radius 1 is 1.08 bits per heavy atom. The minimum Gasteiger partial charge on any atom is -0.369 e. The molecule has 5 nitrogen and oxygen atoms in total. The summed E-state index contributed by atoms with van der Waals surface area (Å²) < 4.78 is 0. The maximum absolute atomic E-state index is 12.1. The number of hydrogen-bond donors (Lipinski definition) is 2. The summed E-state index contributed by atoms with van der Waals surface area (Å²) in [6.45, 7) is 6.40. The second-order valence-corrected chi connectivity index (χ2v) is 7.31. The highest BCUT2D eigenvalue weighted by molar-refractivity contribution is 5.90. The van der Waals surface area contributed by atoms with E-state index in [-0.39, 0.29) is 6.03 Å². The summed E-state index contributed by atoms with van der Waals surface area (Å²) in [5.74, 6) is 0.642. The molecule has 0 spiro atoms. The number of likely N-dealkylation sites (N-methyl/N-ethyl adjacent to an activating group) is 1. The van der Waals surface area contributed by atoms with Crippen molar-refractivity contribution in [3.8, 4) is 0 Å². The lowest BCUT2D eigenvalue weighted by Gasteiger charge is -2.34. The van der Waals surface area contributed by atoms with Gasteiger partial charge in [-0.1, -0.05) is 18.4 Å². The first-order valence-corrected chi connectivity index (χ1v) is 9.39. The van der Waals surface area contributed by atoms with Gasteiger partial charge in [0, 0.05) is 43.8 Å². The summed E-state index contributed by atoms with van der Waals surface area (Å²) >= 11 is 0. The van der Waals surface area contributed by atoms with E-state index >= 15 is 0 Å².